The summed E-state index contributed by atoms with van der Waals surface area (Å²) in [6, 6.07) is 8.84. The summed E-state index contributed by atoms with van der Waals surface area (Å²) in [5.74, 6) is 0. The zero-order valence-corrected chi connectivity index (χ0v) is 12.1. The smallest absolute Gasteiger partial charge is 0.0281 e. The Morgan fingerprint density at radius 3 is 2.62 bits per heavy atom. The molecule has 1 aromatic carbocycles. The van der Waals surface area contributed by atoms with Gasteiger partial charge in [0.05, 0.1) is 0 Å². The minimum atomic E-state index is 0.265. The van der Waals surface area contributed by atoms with E-state index in [0.717, 1.165) is 26.2 Å². The fraction of sp³-hybridized carbons (Fsp3) is 0.538. The van der Waals surface area contributed by atoms with Crippen molar-refractivity contribution in [2.75, 3.05) is 19.6 Å². The highest BCUT2D eigenvalue weighted by Crippen LogP contribution is 2.19. The Bertz CT molecular complexity index is 345. The quantitative estimate of drug-likeness (QED) is 0.838. The molecule has 1 aromatic rings. The number of halogens is 1. The molecule has 0 bridgehead atoms. The second-order valence-corrected chi connectivity index (χ2v) is 6.28. The van der Waals surface area contributed by atoms with E-state index < -0.39 is 0 Å². The molecule has 0 radical (unpaired) electrons. The van der Waals surface area contributed by atoms with E-state index in [-0.39, 0.29) is 5.54 Å². The molecule has 16 heavy (non-hydrogen) atoms. The Balaban J connectivity index is 2.05. The number of nitrogens with one attached hydrogen (secondary N) is 1. The Labute approximate surface area is 112 Å². The van der Waals surface area contributed by atoms with Crippen molar-refractivity contribution >= 4 is 22.6 Å². The maximum Gasteiger partial charge on any atom is 0.0281 e. The molecule has 1 N–H and O–H groups in total. The van der Waals surface area contributed by atoms with Crippen LogP contribution in [0.3, 0.4) is 0 Å². The van der Waals surface area contributed by atoms with Gasteiger partial charge in [-0.2, -0.15) is 0 Å². The number of hydrogen-bond donors (Lipinski definition) is 1. The second-order valence-electron chi connectivity index (χ2n) is 5.04. The fourth-order valence-corrected chi connectivity index (χ4v) is 2.49. The molecule has 1 heterocycles. The predicted molar refractivity (Wildman–Crippen MR) is 76.5 cm³/mol. The normalized spacial score (nSPS) is 20.9. The molecule has 1 fully saturated rings. The minimum Gasteiger partial charge on any atom is -0.314 e. The van der Waals surface area contributed by atoms with Gasteiger partial charge in [0.25, 0.3) is 0 Å². The Morgan fingerprint density at radius 1 is 1.31 bits per heavy atom. The van der Waals surface area contributed by atoms with Gasteiger partial charge in [0, 0.05) is 35.3 Å². The SMILES string of the molecule is CC1(C)CNCCN1Cc1ccc(I)cc1. The molecule has 3 heteroatoms. The van der Waals surface area contributed by atoms with Crippen LogP contribution in [0.15, 0.2) is 24.3 Å². The van der Waals surface area contributed by atoms with Gasteiger partial charge < -0.3 is 5.32 Å². The van der Waals surface area contributed by atoms with Crippen molar-refractivity contribution in [1.82, 2.24) is 10.2 Å². The number of nitrogens with zero attached hydrogens (tertiary/aromatic N) is 1. The van der Waals surface area contributed by atoms with Crippen LogP contribution in [0.5, 0.6) is 0 Å². The fourth-order valence-electron chi connectivity index (χ4n) is 2.13. The standard InChI is InChI=1S/C13H19IN2/c1-13(2)10-15-7-8-16(13)9-11-3-5-12(14)6-4-11/h3-6,15H,7-10H2,1-2H3. The van der Waals surface area contributed by atoms with Crippen LogP contribution in [0.1, 0.15) is 19.4 Å². The molecule has 0 saturated carbocycles. The van der Waals surface area contributed by atoms with Crippen LogP contribution in [0.4, 0.5) is 0 Å². The topological polar surface area (TPSA) is 15.3 Å². The summed E-state index contributed by atoms with van der Waals surface area (Å²) in [5.41, 5.74) is 1.68. The Morgan fingerprint density at radius 2 is 2.00 bits per heavy atom. The highest BCUT2D eigenvalue weighted by atomic mass is 127. The van der Waals surface area contributed by atoms with E-state index in [1.165, 1.54) is 9.13 Å². The van der Waals surface area contributed by atoms with Gasteiger partial charge in [-0.1, -0.05) is 12.1 Å². The van der Waals surface area contributed by atoms with Crippen molar-refractivity contribution in [3.63, 3.8) is 0 Å². The molecule has 2 rings (SSSR count). The van der Waals surface area contributed by atoms with E-state index >= 15 is 0 Å². The molecule has 2 nitrogen and oxygen atoms in total. The van der Waals surface area contributed by atoms with E-state index in [1.807, 2.05) is 0 Å². The number of rotatable bonds is 2. The van der Waals surface area contributed by atoms with Crippen molar-refractivity contribution in [1.29, 1.82) is 0 Å². The summed E-state index contributed by atoms with van der Waals surface area (Å²) < 4.78 is 1.31. The van der Waals surface area contributed by atoms with E-state index in [9.17, 15) is 0 Å². The number of piperazine rings is 1. The first-order valence-corrected chi connectivity index (χ1v) is 6.86. The Hall–Kier alpha value is -0.130. The predicted octanol–water partition coefficient (Wildman–Crippen LogP) is 2.48. The molecule has 1 saturated heterocycles. The first-order chi connectivity index (χ1) is 7.58. The zero-order chi connectivity index (χ0) is 11.6. The third kappa shape index (κ3) is 2.96. The van der Waals surface area contributed by atoms with Crippen LogP contribution < -0.4 is 5.32 Å². The van der Waals surface area contributed by atoms with Crippen molar-refractivity contribution in [3.05, 3.63) is 33.4 Å². The van der Waals surface area contributed by atoms with Crippen molar-refractivity contribution in [2.24, 2.45) is 0 Å². The van der Waals surface area contributed by atoms with E-state index in [0.29, 0.717) is 0 Å². The van der Waals surface area contributed by atoms with E-state index in [2.05, 4.69) is 70.9 Å². The van der Waals surface area contributed by atoms with Gasteiger partial charge in [-0.3, -0.25) is 4.90 Å². The first kappa shape index (κ1) is 12.3. The summed E-state index contributed by atoms with van der Waals surface area (Å²) in [6.45, 7) is 9.01. The Kier molecular flexibility index (Phi) is 3.87. The molecule has 0 spiro atoms. The van der Waals surface area contributed by atoms with Gasteiger partial charge in [-0.25, -0.2) is 0 Å². The largest absolute Gasteiger partial charge is 0.314 e. The van der Waals surface area contributed by atoms with E-state index in [1.54, 1.807) is 0 Å². The number of benzene rings is 1. The lowest BCUT2D eigenvalue weighted by atomic mass is 9.99. The van der Waals surface area contributed by atoms with Crippen molar-refractivity contribution in [2.45, 2.75) is 25.9 Å². The molecule has 1 aliphatic heterocycles. The third-order valence-corrected chi connectivity index (χ3v) is 3.98. The zero-order valence-electron chi connectivity index (χ0n) is 9.96. The van der Waals surface area contributed by atoms with Crippen LogP contribution in [0.25, 0.3) is 0 Å². The maximum absolute atomic E-state index is 3.46. The van der Waals surface area contributed by atoms with Gasteiger partial charge in [-0.05, 0) is 54.1 Å². The molecule has 0 amide bonds. The van der Waals surface area contributed by atoms with Crippen LogP contribution in [0, 0.1) is 3.57 Å². The summed E-state index contributed by atoms with van der Waals surface area (Å²) in [7, 11) is 0. The summed E-state index contributed by atoms with van der Waals surface area (Å²) in [5, 5.41) is 3.46. The molecule has 1 aliphatic rings. The molecule has 0 aliphatic carbocycles. The molecule has 88 valence electrons. The monoisotopic (exact) mass is 330 g/mol. The van der Waals surface area contributed by atoms with E-state index in [4.69, 9.17) is 0 Å². The summed E-state index contributed by atoms with van der Waals surface area (Å²) >= 11 is 2.35. The maximum atomic E-state index is 3.46. The lowest BCUT2D eigenvalue weighted by Gasteiger charge is -2.42. The molecule has 0 atom stereocenters. The summed E-state index contributed by atoms with van der Waals surface area (Å²) in [4.78, 5) is 2.56. The van der Waals surface area contributed by atoms with Gasteiger partial charge in [0.2, 0.25) is 0 Å². The molecular formula is C13H19IN2. The van der Waals surface area contributed by atoms with Gasteiger partial charge in [0.15, 0.2) is 0 Å². The highest BCUT2D eigenvalue weighted by Gasteiger charge is 2.29. The van der Waals surface area contributed by atoms with Crippen molar-refractivity contribution in [3.8, 4) is 0 Å². The van der Waals surface area contributed by atoms with Gasteiger partial charge in [-0.15, -0.1) is 0 Å². The molecule has 0 unspecified atom stereocenters. The molecule has 0 aromatic heterocycles. The third-order valence-electron chi connectivity index (χ3n) is 3.26. The number of hydrogen-bond acceptors (Lipinski definition) is 2. The van der Waals surface area contributed by atoms with Crippen LogP contribution >= 0.6 is 22.6 Å². The van der Waals surface area contributed by atoms with Crippen LogP contribution in [-0.4, -0.2) is 30.1 Å². The van der Waals surface area contributed by atoms with Crippen LogP contribution in [0.2, 0.25) is 0 Å². The van der Waals surface area contributed by atoms with Crippen LogP contribution in [-0.2, 0) is 6.54 Å². The highest BCUT2D eigenvalue weighted by molar-refractivity contribution is 14.1. The molecular weight excluding hydrogens is 311 g/mol. The van der Waals surface area contributed by atoms with Gasteiger partial charge >= 0.3 is 0 Å². The summed E-state index contributed by atoms with van der Waals surface area (Å²) in [6.07, 6.45) is 0. The second kappa shape index (κ2) is 5.02. The lowest BCUT2D eigenvalue weighted by Crippen LogP contribution is -2.57. The van der Waals surface area contributed by atoms with Crippen molar-refractivity contribution < 1.29 is 0 Å². The average molecular weight is 330 g/mol. The lowest BCUT2D eigenvalue weighted by molar-refractivity contribution is 0.0827. The average Bonchev–Trinajstić information content (AvgIpc) is 2.24. The first-order valence-electron chi connectivity index (χ1n) is 5.78. The van der Waals surface area contributed by atoms with Gasteiger partial charge in [0.1, 0.15) is 0 Å². The minimum absolute atomic E-state index is 0.265.